The van der Waals surface area contributed by atoms with E-state index in [4.69, 9.17) is 0 Å². The number of benzene rings is 1. The Kier molecular flexibility index (Phi) is 2.86. The summed E-state index contributed by atoms with van der Waals surface area (Å²) in [7, 11) is 0. The first-order valence-electron chi connectivity index (χ1n) is 7.06. The van der Waals surface area contributed by atoms with Gasteiger partial charge in [-0.05, 0) is 67.1 Å². The summed E-state index contributed by atoms with van der Waals surface area (Å²) < 4.78 is 0. The fraction of sp³-hybridized carbons (Fsp3) is 0.625. The molecule has 98 valence electrons. The van der Waals surface area contributed by atoms with E-state index in [0.29, 0.717) is 17.6 Å². The van der Waals surface area contributed by atoms with Crippen LogP contribution in [0.1, 0.15) is 50.5 Å². The number of fused-ring (bicyclic) bond motifs is 1. The lowest BCUT2D eigenvalue weighted by atomic mass is 9.64. The van der Waals surface area contributed by atoms with Gasteiger partial charge in [-0.15, -0.1) is 0 Å². The predicted octanol–water partition coefficient (Wildman–Crippen LogP) is 3.44. The van der Waals surface area contributed by atoms with Crippen LogP contribution in [0.25, 0.3) is 0 Å². The lowest BCUT2D eigenvalue weighted by Gasteiger charge is -2.42. The minimum Gasteiger partial charge on any atom is -0.508 e. The zero-order valence-corrected chi connectivity index (χ0v) is 11.0. The van der Waals surface area contributed by atoms with Gasteiger partial charge in [-0.2, -0.15) is 0 Å². The Morgan fingerprint density at radius 1 is 1.11 bits per heavy atom. The molecule has 0 saturated heterocycles. The minimum atomic E-state index is -0.0942. The first-order valence-corrected chi connectivity index (χ1v) is 7.06. The molecule has 2 aliphatic rings. The van der Waals surface area contributed by atoms with Crippen molar-refractivity contribution in [2.75, 3.05) is 0 Å². The Balaban J connectivity index is 1.77. The van der Waals surface area contributed by atoms with Gasteiger partial charge in [0.2, 0.25) is 0 Å². The van der Waals surface area contributed by atoms with Gasteiger partial charge in [-0.1, -0.05) is 19.1 Å². The molecule has 1 unspecified atom stereocenters. The van der Waals surface area contributed by atoms with Crippen LogP contribution in [0.2, 0.25) is 0 Å². The van der Waals surface area contributed by atoms with Crippen LogP contribution in [0, 0.1) is 11.3 Å². The third-order valence-corrected chi connectivity index (χ3v) is 5.45. The van der Waals surface area contributed by atoms with Gasteiger partial charge in [0.05, 0.1) is 6.10 Å². The van der Waals surface area contributed by atoms with Crippen molar-refractivity contribution in [1.82, 2.24) is 0 Å². The summed E-state index contributed by atoms with van der Waals surface area (Å²) in [4.78, 5) is 0. The molecule has 0 radical (unpaired) electrons. The molecule has 2 heteroatoms. The smallest absolute Gasteiger partial charge is 0.115 e. The molecule has 0 bridgehead atoms. The summed E-state index contributed by atoms with van der Waals surface area (Å²) in [5, 5.41) is 19.5. The third kappa shape index (κ3) is 1.83. The van der Waals surface area contributed by atoms with Crippen LogP contribution in [-0.2, 0) is 0 Å². The van der Waals surface area contributed by atoms with Gasteiger partial charge in [0, 0.05) is 0 Å². The van der Waals surface area contributed by atoms with E-state index in [0.717, 1.165) is 19.3 Å². The van der Waals surface area contributed by atoms with E-state index < -0.39 is 0 Å². The molecular formula is C16H22O2. The maximum atomic E-state index is 10.1. The van der Waals surface area contributed by atoms with Crippen molar-refractivity contribution in [1.29, 1.82) is 0 Å². The Hall–Kier alpha value is -1.02. The quantitative estimate of drug-likeness (QED) is 0.797. The summed E-state index contributed by atoms with van der Waals surface area (Å²) in [6.07, 6.45) is 5.54. The van der Waals surface area contributed by atoms with Crippen molar-refractivity contribution >= 4 is 0 Å². The van der Waals surface area contributed by atoms with E-state index in [-0.39, 0.29) is 11.5 Å². The minimum absolute atomic E-state index is 0.0942. The SMILES string of the molecule is C[C@]12CC[C@H](c3ccc(O)cc3)CC1CC[C@@H]2O. The number of hydrogen-bond donors (Lipinski definition) is 2. The zero-order valence-electron chi connectivity index (χ0n) is 11.0. The number of aromatic hydroxyl groups is 1. The van der Waals surface area contributed by atoms with Crippen LogP contribution in [0.15, 0.2) is 24.3 Å². The normalized spacial score (nSPS) is 39.6. The average Bonchev–Trinajstić information content (AvgIpc) is 2.66. The summed E-state index contributed by atoms with van der Waals surface area (Å²) in [6, 6.07) is 7.67. The molecule has 1 aromatic carbocycles. The number of hydrogen-bond acceptors (Lipinski definition) is 2. The second-order valence-electron chi connectivity index (χ2n) is 6.36. The van der Waals surface area contributed by atoms with Crippen LogP contribution in [-0.4, -0.2) is 16.3 Å². The molecule has 2 saturated carbocycles. The summed E-state index contributed by atoms with van der Waals surface area (Å²) in [5.74, 6) is 1.62. The second-order valence-corrected chi connectivity index (χ2v) is 6.36. The van der Waals surface area contributed by atoms with Gasteiger partial charge in [0.15, 0.2) is 0 Å². The Labute approximate surface area is 109 Å². The fourth-order valence-corrected chi connectivity index (χ4v) is 4.04. The third-order valence-electron chi connectivity index (χ3n) is 5.45. The van der Waals surface area contributed by atoms with Gasteiger partial charge in [0.25, 0.3) is 0 Å². The largest absolute Gasteiger partial charge is 0.508 e. The highest BCUT2D eigenvalue weighted by molar-refractivity contribution is 5.29. The topological polar surface area (TPSA) is 40.5 Å². The zero-order chi connectivity index (χ0) is 12.8. The molecule has 0 aliphatic heterocycles. The maximum absolute atomic E-state index is 10.1. The highest BCUT2D eigenvalue weighted by Gasteiger charge is 2.48. The van der Waals surface area contributed by atoms with Gasteiger partial charge in [-0.3, -0.25) is 0 Å². The fourth-order valence-electron chi connectivity index (χ4n) is 4.04. The molecule has 1 aromatic rings. The van der Waals surface area contributed by atoms with Crippen molar-refractivity contribution in [3.05, 3.63) is 29.8 Å². The van der Waals surface area contributed by atoms with Crippen LogP contribution < -0.4 is 0 Å². The lowest BCUT2D eigenvalue weighted by molar-refractivity contribution is 0.00872. The highest BCUT2D eigenvalue weighted by atomic mass is 16.3. The summed E-state index contributed by atoms with van der Waals surface area (Å²) >= 11 is 0. The summed E-state index contributed by atoms with van der Waals surface area (Å²) in [6.45, 7) is 2.27. The van der Waals surface area contributed by atoms with Crippen molar-refractivity contribution < 1.29 is 10.2 Å². The van der Waals surface area contributed by atoms with Gasteiger partial charge >= 0.3 is 0 Å². The molecule has 3 rings (SSSR count). The number of rotatable bonds is 1. The number of phenols is 1. The molecule has 4 atom stereocenters. The molecule has 2 fully saturated rings. The van der Waals surface area contributed by atoms with E-state index in [1.165, 1.54) is 18.4 Å². The molecule has 2 aliphatic carbocycles. The number of phenolic OH excluding ortho intramolecular Hbond substituents is 1. The number of aliphatic hydroxyl groups excluding tert-OH is 1. The second kappa shape index (κ2) is 4.27. The van der Waals surface area contributed by atoms with Crippen LogP contribution in [0.4, 0.5) is 0 Å². The predicted molar refractivity (Wildman–Crippen MR) is 71.5 cm³/mol. The van der Waals surface area contributed by atoms with E-state index >= 15 is 0 Å². The van der Waals surface area contributed by atoms with E-state index in [1.54, 1.807) is 12.1 Å². The first kappa shape index (κ1) is 12.0. The number of aliphatic hydroxyl groups is 1. The van der Waals surface area contributed by atoms with Crippen molar-refractivity contribution in [3.63, 3.8) is 0 Å². The van der Waals surface area contributed by atoms with Crippen LogP contribution in [0.3, 0.4) is 0 Å². The molecule has 2 N–H and O–H groups in total. The molecular weight excluding hydrogens is 224 g/mol. The maximum Gasteiger partial charge on any atom is 0.115 e. The summed E-state index contributed by atoms with van der Waals surface area (Å²) in [5.41, 5.74) is 1.50. The molecule has 2 nitrogen and oxygen atoms in total. The molecule has 0 aromatic heterocycles. The highest BCUT2D eigenvalue weighted by Crippen LogP contribution is 2.55. The lowest BCUT2D eigenvalue weighted by Crippen LogP contribution is -2.36. The van der Waals surface area contributed by atoms with Crippen LogP contribution in [0.5, 0.6) is 5.75 Å². The Morgan fingerprint density at radius 2 is 1.83 bits per heavy atom. The Bertz CT molecular complexity index is 425. The standard InChI is InChI=1S/C16H22O2/c1-16-9-8-12(10-13(16)4-7-15(16)18)11-2-5-14(17)6-3-11/h2-3,5-6,12-13,15,17-18H,4,7-10H2,1H3/t12-,13?,15-,16-/m0/s1. The molecule has 0 amide bonds. The van der Waals surface area contributed by atoms with E-state index in [1.807, 2.05) is 12.1 Å². The molecule has 0 spiro atoms. The van der Waals surface area contributed by atoms with Crippen molar-refractivity contribution in [3.8, 4) is 5.75 Å². The van der Waals surface area contributed by atoms with E-state index in [2.05, 4.69) is 6.92 Å². The molecule has 0 heterocycles. The van der Waals surface area contributed by atoms with Gasteiger partial charge < -0.3 is 10.2 Å². The van der Waals surface area contributed by atoms with Crippen molar-refractivity contribution in [2.45, 2.75) is 51.0 Å². The molecule has 18 heavy (non-hydrogen) atoms. The van der Waals surface area contributed by atoms with E-state index in [9.17, 15) is 10.2 Å². The van der Waals surface area contributed by atoms with Crippen molar-refractivity contribution in [2.24, 2.45) is 11.3 Å². The van der Waals surface area contributed by atoms with Crippen LogP contribution >= 0.6 is 0 Å². The Morgan fingerprint density at radius 3 is 2.56 bits per heavy atom. The van der Waals surface area contributed by atoms with Gasteiger partial charge in [0.1, 0.15) is 5.75 Å². The van der Waals surface area contributed by atoms with Gasteiger partial charge in [-0.25, -0.2) is 0 Å². The monoisotopic (exact) mass is 246 g/mol. The first-order chi connectivity index (χ1) is 8.59. The average molecular weight is 246 g/mol.